The van der Waals surface area contributed by atoms with Gasteiger partial charge in [0.05, 0.1) is 0 Å². The van der Waals surface area contributed by atoms with E-state index >= 15 is 0 Å². The second-order valence-corrected chi connectivity index (χ2v) is 5.89. The lowest BCUT2D eigenvalue weighted by atomic mass is 10.1. The lowest BCUT2D eigenvalue weighted by Gasteiger charge is -2.11. The van der Waals surface area contributed by atoms with Crippen LogP contribution in [0, 0.1) is 5.82 Å². The van der Waals surface area contributed by atoms with Gasteiger partial charge in [0, 0.05) is 17.7 Å². The molecule has 0 fully saturated rings. The Bertz CT molecular complexity index is 848. The van der Waals surface area contributed by atoms with Crippen molar-refractivity contribution in [1.29, 1.82) is 0 Å². The van der Waals surface area contributed by atoms with Crippen molar-refractivity contribution in [1.82, 2.24) is 5.32 Å². The summed E-state index contributed by atoms with van der Waals surface area (Å²) in [5.41, 5.74) is 2.41. The van der Waals surface area contributed by atoms with Crippen LogP contribution in [0.15, 0.2) is 78.9 Å². The van der Waals surface area contributed by atoms with E-state index in [-0.39, 0.29) is 11.7 Å². The third-order valence-electron chi connectivity index (χ3n) is 4.01. The maximum atomic E-state index is 12.9. The van der Waals surface area contributed by atoms with E-state index in [2.05, 4.69) is 5.32 Å². The summed E-state index contributed by atoms with van der Waals surface area (Å²) >= 11 is 0. The minimum atomic E-state index is -0.259. The fourth-order valence-corrected chi connectivity index (χ4v) is 2.61. The average molecular weight is 349 g/mol. The third kappa shape index (κ3) is 4.93. The molecule has 0 saturated carbocycles. The van der Waals surface area contributed by atoms with Crippen molar-refractivity contribution in [2.45, 2.75) is 13.0 Å². The monoisotopic (exact) mass is 349 g/mol. The summed E-state index contributed by atoms with van der Waals surface area (Å²) in [4.78, 5) is 12.5. The first-order valence-electron chi connectivity index (χ1n) is 8.51. The number of hydrogen-bond acceptors (Lipinski definition) is 2. The second-order valence-electron chi connectivity index (χ2n) is 5.89. The highest BCUT2D eigenvalue weighted by Gasteiger charge is 2.11. The van der Waals surface area contributed by atoms with Gasteiger partial charge in [-0.15, -0.1) is 0 Å². The van der Waals surface area contributed by atoms with E-state index in [4.69, 9.17) is 4.74 Å². The molecule has 0 aliphatic rings. The van der Waals surface area contributed by atoms with Gasteiger partial charge in [-0.25, -0.2) is 4.39 Å². The normalized spacial score (nSPS) is 10.3. The van der Waals surface area contributed by atoms with Crippen molar-refractivity contribution in [2.75, 3.05) is 6.54 Å². The van der Waals surface area contributed by atoms with Crippen LogP contribution in [-0.2, 0) is 13.0 Å². The van der Waals surface area contributed by atoms with Gasteiger partial charge >= 0.3 is 0 Å². The number of rotatable bonds is 7. The summed E-state index contributed by atoms with van der Waals surface area (Å²) in [6, 6.07) is 23.2. The second kappa shape index (κ2) is 8.81. The van der Waals surface area contributed by atoms with Gasteiger partial charge in [0.2, 0.25) is 0 Å². The molecule has 132 valence electrons. The molecule has 0 bridgehead atoms. The molecule has 0 heterocycles. The quantitative estimate of drug-likeness (QED) is 0.687. The summed E-state index contributed by atoms with van der Waals surface area (Å²) in [5, 5.41) is 2.91. The number of amides is 1. The number of benzene rings is 3. The predicted octanol–water partition coefficient (Wildman–Crippen LogP) is 4.38. The van der Waals surface area contributed by atoms with Gasteiger partial charge in [-0.2, -0.15) is 0 Å². The number of carbonyl (C=O) groups is 1. The van der Waals surface area contributed by atoms with Gasteiger partial charge in [0.25, 0.3) is 5.91 Å². The van der Waals surface area contributed by atoms with Gasteiger partial charge in [0.15, 0.2) is 0 Å². The summed E-state index contributed by atoms with van der Waals surface area (Å²) < 4.78 is 18.7. The number of hydrogen-bond donors (Lipinski definition) is 1. The molecular formula is C22H20FNO2. The number of ether oxygens (including phenoxy) is 1. The molecule has 0 aliphatic carbocycles. The van der Waals surface area contributed by atoms with E-state index in [1.54, 1.807) is 18.2 Å². The summed E-state index contributed by atoms with van der Waals surface area (Å²) in [6.45, 7) is 0.809. The molecular weight excluding hydrogens is 329 g/mol. The first-order valence-corrected chi connectivity index (χ1v) is 8.51. The van der Waals surface area contributed by atoms with E-state index in [0.29, 0.717) is 25.1 Å². The lowest BCUT2D eigenvalue weighted by Crippen LogP contribution is -2.26. The number of carbonyl (C=O) groups excluding carboxylic acids is 1. The van der Waals surface area contributed by atoms with Crippen molar-refractivity contribution in [2.24, 2.45) is 0 Å². The van der Waals surface area contributed by atoms with Crippen molar-refractivity contribution in [3.05, 3.63) is 101 Å². The predicted molar refractivity (Wildman–Crippen MR) is 99.7 cm³/mol. The minimum Gasteiger partial charge on any atom is -0.489 e. The third-order valence-corrected chi connectivity index (χ3v) is 4.01. The zero-order valence-electron chi connectivity index (χ0n) is 14.3. The van der Waals surface area contributed by atoms with Crippen molar-refractivity contribution >= 4 is 5.91 Å². The lowest BCUT2D eigenvalue weighted by molar-refractivity contribution is 0.0951. The average Bonchev–Trinajstić information content (AvgIpc) is 2.69. The van der Waals surface area contributed by atoms with Gasteiger partial charge in [-0.05, 0) is 42.3 Å². The van der Waals surface area contributed by atoms with E-state index in [9.17, 15) is 9.18 Å². The van der Waals surface area contributed by atoms with Crippen LogP contribution >= 0.6 is 0 Å². The zero-order valence-corrected chi connectivity index (χ0v) is 14.3. The molecule has 3 aromatic rings. The van der Waals surface area contributed by atoms with Crippen LogP contribution in [0.5, 0.6) is 5.75 Å². The van der Waals surface area contributed by atoms with Crippen molar-refractivity contribution in [3.8, 4) is 5.75 Å². The van der Waals surface area contributed by atoms with Crippen LogP contribution in [0.3, 0.4) is 0 Å². The Labute approximate surface area is 152 Å². The van der Waals surface area contributed by atoms with Gasteiger partial charge in [-0.3, -0.25) is 4.79 Å². The molecule has 0 aromatic heterocycles. The molecule has 4 heteroatoms. The van der Waals surface area contributed by atoms with Crippen LogP contribution in [0.4, 0.5) is 4.39 Å². The number of nitrogens with one attached hydrogen (secondary N) is 1. The van der Waals surface area contributed by atoms with Crippen molar-refractivity contribution < 1.29 is 13.9 Å². The van der Waals surface area contributed by atoms with Gasteiger partial charge in [-0.1, -0.05) is 48.5 Å². The molecule has 0 unspecified atom stereocenters. The SMILES string of the molecule is O=C(NCCc1ccc(F)cc1)c1ccccc1COc1ccccc1. The first-order chi connectivity index (χ1) is 12.7. The number of para-hydroxylation sites is 1. The highest BCUT2D eigenvalue weighted by atomic mass is 19.1. The molecule has 0 spiro atoms. The van der Waals surface area contributed by atoms with Gasteiger partial charge < -0.3 is 10.1 Å². The molecule has 3 aromatic carbocycles. The molecule has 0 aliphatic heterocycles. The Balaban J connectivity index is 1.57. The first kappa shape index (κ1) is 17.7. The highest BCUT2D eigenvalue weighted by Crippen LogP contribution is 2.15. The smallest absolute Gasteiger partial charge is 0.251 e. The van der Waals surface area contributed by atoms with Crippen LogP contribution in [0.2, 0.25) is 0 Å². The Hall–Kier alpha value is -3.14. The van der Waals surface area contributed by atoms with E-state index in [1.165, 1.54) is 12.1 Å². The van der Waals surface area contributed by atoms with Crippen molar-refractivity contribution in [3.63, 3.8) is 0 Å². The number of halogens is 1. The Morgan fingerprint density at radius 1 is 0.885 bits per heavy atom. The Morgan fingerprint density at radius 2 is 1.58 bits per heavy atom. The van der Waals surface area contributed by atoms with E-state index in [0.717, 1.165) is 16.9 Å². The Morgan fingerprint density at radius 3 is 2.35 bits per heavy atom. The maximum Gasteiger partial charge on any atom is 0.251 e. The molecule has 3 rings (SSSR count). The fraction of sp³-hybridized carbons (Fsp3) is 0.136. The van der Waals surface area contributed by atoms with Crippen LogP contribution in [0.1, 0.15) is 21.5 Å². The van der Waals surface area contributed by atoms with Crippen LogP contribution in [-0.4, -0.2) is 12.5 Å². The van der Waals surface area contributed by atoms with Gasteiger partial charge in [0.1, 0.15) is 18.2 Å². The largest absolute Gasteiger partial charge is 0.489 e. The molecule has 1 N–H and O–H groups in total. The minimum absolute atomic E-state index is 0.139. The summed E-state index contributed by atoms with van der Waals surface area (Å²) in [7, 11) is 0. The summed E-state index contributed by atoms with van der Waals surface area (Å²) in [6.07, 6.45) is 0.648. The zero-order chi connectivity index (χ0) is 18.2. The fourth-order valence-electron chi connectivity index (χ4n) is 2.61. The van der Waals surface area contributed by atoms with Crippen LogP contribution in [0.25, 0.3) is 0 Å². The molecule has 26 heavy (non-hydrogen) atoms. The summed E-state index contributed by atoms with van der Waals surface area (Å²) in [5.74, 6) is 0.364. The molecule has 0 atom stereocenters. The molecule has 1 amide bonds. The maximum absolute atomic E-state index is 12.9. The topological polar surface area (TPSA) is 38.3 Å². The van der Waals surface area contributed by atoms with E-state index in [1.807, 2.05) is 48.5 Å². The Kier molecular flexibility index (Phi) is 5.99. The van der Waals surface area contributed by atoms with E-state index < -0.39 is 0 Å². The van der Waals surface area contributed by atoms with Crippen LogP contribution < -0.4 is 10.1 Å². The molecule has 0 radical (unpaired) electrons. The standard InChI is InChI=1S/C22H20FNO2/c23-19-12-10-17(11-13-19)14-15-24-22(25)21-9-5-4-6-18(21)16-26-20-7-2-1-3-8-20/h1-13H,14-16H2,(H,24,25). The molecule has 3 nitrogen and oxygen atoms in total. The highest BCUT2D eigenvalue weighted by molar-refractivity contribution is 5.95. The molecule has 0 saturated heterocycles.